The van der Waals surface area contributed by atoms with Crippen LogP contribution in [0.25, 0.3) is 0 Å². The van der Waals surface area contributed by atoms with Gasteiger partial charge >= 0.3 is 10.1 Å². The fraction of sp³-hybridized carbons (Fsp3) is 0.381. The molecule has 2 rings (SSSR count). The monoisotopic (exact) mass is 421 g/mol. The fourth-order valence-corrected chi connectivity index (χ4v) is 3.20. The molecular weight excluding hydrogens is 394 g/mol. The molecule has 0 aliphatic rings. The minimum absolute atomic E-state index is 0.0938. The second-order valence-corrected chi connectivity index (χ2v) is 8.56. The predicted molar refractivity (Wildman–Crippen MR) is 111 cm³/mol. The summed E-state index contributed by atoms with van der Waals surface area (Å²) in [6.07, 6.45) is 0. The summed E-state index contributed by atoms with van der Waals surface area (Å²) < 4.78 is 39.0. The number of hydrogen-bond acceptors (Lipinski definition) is 6. The quantitative estimate of drug-likeness (QED) is 0.577. The van der Waals surface area contributed by atoms with Crippen LogP contribution in [0.3, 0.4) is 0 Å². The third-order valence-electron chi connectivity index (χ3n) is 4.31. The molecule has 7 nitrogen and oxygen atoms in total. The molecule has 0 spiro atoms. The van der Waals surface area contributed by atoms with E-state index in [1.165, 1.54) is 21.1 Å². The number of ether oxygens (including phenoxy) is 2. The van der Waals surface area contributed by atoms with Crippen molar-refractivity contribution >= 4 is 16.0 Å². The van der Waals surface area contributed by atoms with E-state index in [9.17, 15) is 13.2 Å². The zero-order valence-electron chi connectivity index (χ0n) is 17.3. The van der Waals surface area contributed by atoms with E-state index in [1.54, 1.807) is 41.3 Å². The van der Waals surface area contributed by atoms with Crippen molar-refractivity contribution in [1.82, 2.24) is 4.90 Å². The standard InChI is InChI=1S/C21H27NO6S/c1-6-29(24,25)28-18-9-7-8-16(10-18)14-22(15(2)3)21(23)17-11-19(26-4)13-20(12-17)27-5/h7-13,15H,6,14H2,1-5H3. The van der Waals surface area contributed by atoms with E-state index in [-0.39, 0.29) is 23.5 Å². The molecule has 2 aromatic carbocycles. The lowest BCUT2D eigenvalue weighted by Gasteiger charge is -2.27. The van der Waals surface area contributed by atoms with Crippen LogP contribution < -0.4 is 13.7 Å². The topological polar surface area (TPSA) is 82.1 Å². The molecule has 0 radical (unpaired) electrons. The lowest BCUT2D eigenvalue weighted by atomic mass is 10.1. The van der Waals surface area contributed by atoms with Crippen molar-refractivity contribution in [1.29, 1.82) is 0 Å². The Labute approximate surface area is 172 Å². The first-order valence-electron chi connectivity index (χ1n) is 9.24. The molecule has 2 aromatic rings. The Balaban J connectivity index is 2.30. The molecule has 0 aromatic heterocycles. The number of amides is 1. The van der Waals surface area contributed by atoms with Crippen LogP contribution in [0.2, 0.25) is 0 Å². The van der Waals surface area contributed by atoms with Crippen LogP contribution in [-0.4, -0.2) is 45.2 Å². The molecule has 0 bridgehead atoms. The molecule has 0 saturated heterocycles. The minimum Gasteiger partial charge on any atom is -0.497 e. The van der Waals surface area contributed by atoms with Crippen molar-refractivity contribution in [3.63, 3.8) is 0 Å². The molecule has 0 atom stereocenters. The zero-order chi connectivity index (χ0) is 21.6. The first kappa shape index (κ1) is 22.5. The van der Waals surface area contributed by atoms with E-state index >= 15 is 0 Å². The van der Waals surface area contributed by atoms with E-state index in [0.29, 0.717) is 23.6 Å². The molecule has 158 valence electrons. The molecule has 29 heavy (non-hydrogen) atoms. The van der Waals surface area contributed by atoms with Gasteiger partial charge in [0.15, 0.2) is 0 Å². The molecule has 1 amide bonds. The number of methoxy groups -OCH3 is 2. The van der Waals surface area contributed by atoms with Crippen molar-refractivity contribution < 1.29 is 26.9 Å². The van der Waals surface area contributed by atoms with Gasteiger partial charge in [-0.2, -0.15) is 8.42 Å². The number of carbonyl (C=O) groups excluding carboxylic acids is 1. The van der Waals surface area contributed by atoms with E-state index in [4.69, 9.17) is 13.7 Å². The second kappa shape index (κ2) is 9.65. The molecule has 0 heterocycles. The summed E-state index contributed by atoms with van der Waals surface area (Å²) in [5, 5.41) is 0. The van der Waals surface area contributed by atoms with Gasteiger partial charge in [-0.05, 0) is 50.6 Å². The van der Waals surface area contributed by atoms with Gasteiger partial charge in [0.25, 0.3) is 5.91 Å². The third kappa shape index (κ3) is 6.12. The largest absolute Gasteiger partial charge is 0.497 e. The number of nitrogens with zero attached hydrogens (tertiary/aromatic N) is 1. The third-order valence-corrected chi connectivity index (χ3v) is 5.46. The van der Waals surface area contributed by atoms with Crippen LogP contribution in [0.1, 0.15) is 36.7 Å². The molecule has 0 N–H and O–H groups in total. The molecule has 0 aliphatic heterocycles. The van der Waals surface area contributed by atoms with Crippen LogP contribution >= 0.6 is 0 Å². The summed E-state index contributed by atoms with van der Waals surface area (Å²) in [4.78, 5) is 14.9. The number of rotatable bonds is 9. The first-order valence-corrected chi connectivity index (χ1v) is 10.8. The van der Waals surface area contributed by atoms with Crippen molar-refractivity contribution in [3.8, 4) is 17.2 Å². The highest BCUT2D eigenvalue weighted by atomic mass is 32.2. The highest BCUT2D eigenvalue weighted by Gasteiger charge is 2.21. The van der Waals surface area contributed by atoms with Crippen LogP contribution in [0.4, 0.5) is 0 Å². The molecular formula is C21H27NO6S. The van der Waals surface area contributed by atoms with Crippen LogP contribution in [-0.2, 0) is 16.7 Å². The average Bonchev–Trinajstić information content (AvgIpc) is 2.70. The van der Waals surface area contributed by atoms with Gasteiger partial charge < -0.3 is 18.6 Å². The Morgan fingerprint density at radius 1 is 1.00 bits per heavy atom. The highest BCUT2D eigenvalue weighted by Crippen LogP contribution is 2.25. The van der Waals surface area contributed by atoms with E-state index in [0.717, 1.165) is 5.56 Å². The molecule has 8 heteroatoms. The van der Waals surface area contributed by atoms with E-state index in [1.807, 2.05) is 19.9 Å². The smallest absolute Gasteiger partial charge is 0.308 e. The van der Waals surface area contributed by atoms with Crippen LogP contribution in [0.5, 0.6) is 17.2 Å². The summed E-state index contributed by atoms with van der Waals surface area (Å²) in [5.74, 6) is 0.965. The summed E-state index contributed by atoms with van der Waals surface area (Å²) in [5.41, 5.74) is 1.20. The highest BCUT2D eigenvalue weighted by molar-refractivity contribution is 7.87. The first-order chi connectivity index (χ1) is 13.7. The maximum absolute atomic E-state index is 13.2. The Kier molecular flexibility index (Phi) is 7.50. The summed E-state index contributed by atoms with van der Waals surface area (Å²) >= 11 is 0. The van der Waals surface area contributed by atoms with Gasteiger partial charge in [0, 0.05) is 24.2 Å². The van der Waals surface area contributed by atoms with Crippen molar-refractivity contribution in [2.45, 2.75) is 33.4 Å². The SMILES string of the molecule is CCS(=O)(=O)Oc1cccc(CN(C(=O)c2cc(OC)cc(OC)c2)C(C)C)c1. The van der Waals surface area contributed by atoms with Gasteiger partial charge in [0.1, 0.15) is 17.2 Å². The molecule has 0 aliphatic carbocycles. The Bertz CT molecular complexity index is 933. The molecule has 0 unspecified atom stereocenters. The molecule has 0 fully saturated rings. The van der Waals surface area contributed by atoms with Gasteiger partial charge in [0.2, 0.25) is 0 Å². The maximum atomic E-state index is 13.2. The van der Waals surface area contributed by atoms with E-state index in [2.05, 4.69) is 0 Å². The maximum Gasteiger partial charge on any atom is 0.308 e. The Hall–Kier alpha value is -2.74. The van der Waals surface area contributed by atoms with Gasteiger partial charge in [0.05, 0.1) is 20.0 Å². The van der Waals surface area contributed by atoms with Gasteiger partial charge in [-0.1, -0.05) is 12.1 Å². The van der Waals surface area contributed by atoms with Gasteiger partial charge in [-0.25, -0.2) is 0 Å². The van der Waals surface area contributed by atoms with Gasteiger partial charge in [-0.15, -0.1) is 0 Å². The molecule has 0 saturated carbocycles. The fourth-order valence-electron chi connectivity index (χ4n) is 2.68. The number of carbonyl (C=O) groups is 1. The summed E-state index contributed by atoms with van der Waals surface area (Å²) in [7, 11) is -0.563. The van der Waals surface area contributed by atoms with Crippen molar-refractivity contribution in [3.05, 3.63) is 53.6 Å². The van der Waals surface area contributed by atoms with Gasteiger partial charge in [-0.3, -0.25) is 4.79 Å². The van der Waals surface area contributed by atoms with Crippen LogP contribution in [0.15, 0.2) is 42.5 Å². The van der Waals surface area contributed by atoms with E-state index < -0.39 is 10.1 Å². The lowest BCUT2D eigenvalue weighted by Crippen LogP contribution is -2.36. The number of hydrogen-bond donors (Lipinski definition) is 0. The number of benzene rings is 2. The minimum atomic E-state index is -3.62. The summed E-state index contributed by atoms with van der Waals surface area (Å²) in [6, 6.07) is 11.6. The Morgan fingerprint density at radius 3 is 2.14 bits per heavy atom. The Morgan fingerprint density at radius 2 is 1.62 bits per heavy atom. The van der Waals surface area contributed by atoms with Crippen LogP contribution in [0, 0.1) is 0 Å². The zero-order valence-corrected chi connectivity index (χ0v) is 18.2. The van der Waals surface area contributed by atoms with Crippen molar-refractivity contribution in [2.24, 2.45) is 0 Å². The predicted octanol–water partition coefficient (Wildman–Crippen LogP) is 3.48. The van der Waals surface area contributed by atoms with Crippen molar-refractivity contribution in [2.75, 3.05) is 20.0 Å². The normalized spacial score (nSPS) is 11.2. The lowest BCUT2D eigenvalue weighted by molar-refractivity contribution is 0.0689. The second-order valence-electron chi connectivity index (χ2n) is 6.71. The average molecular weight is 422 g/mol. The summed E-state index contributed by atoms with van der Waals surface area (Å²) in [6.45, 7) is 5.63.